The summed E-state index contributed by atoms with van der Waals surface area (Å²) in [6.45, 7) is 3.27. The average molecular weight is 372 g/mol. The fourth-order valence-electron chi connectivity index (χ4n) is 3.82. The summed E-state index contributed by atoms with van der Waals surface area (Å²) >= 11 is 1.61. The summed E-state index contributed by atoms with van der Waals surface area (Å²) in [6, 6.07) is 11.7. The molecular weight excluding hydrogens is 348 g/mol. The van der Waals surface area contributed by atoms with Crippen LogP contribution in [0.5, 0.6) is 5.75 Å². The second-order valence-electron chi connectivity index (χ2n) is 6.94. The fourth-order valence-corrected chi connectivity index (χ4v) is 4.63. The molecule has 5 nitrogen and oxygen atoms in total. The zero-order valence-corrected chi connectivity index (χ0v) is 15.5. The van der Waals surface area contributed by atoms with Crippen molar-refractivity contribution in [1.29, 1.82) is 0 Å². The Labute approximate surface area is 157 Å². The van der Waals surface area contributed by atoms with E-state index in [1.165, 1.54) is 0 Å². The Bertz CT molecular complexity index is 741. The predicted molar refractivity (Wildman–Crippen MR) is 103 cm³/mol. The number of hydrogen-bond acceptors (Lipinski definition) is 5. The molecule has 0 saturated carbocycles. The maximum Gasteiger partial charge on any atom is 0.241 e. The fraction of sp³-hybridized carbons (Fsp3) is 0.450. The van der Waals surface area contributed by atoms with Gasteiger partial charge in [-0.1, -0.05) is 18.2 Å². The lowest BCUT2D eigenvalue weighted by atomic mass is 9.90. The van der Waals surface area contributed by atoms with Crippen LogP contribution in [0.3, 0.4) is 0 Å². The molecule has 2 aliphatic rings. The molecule has 138 valence electrons. The molecule has 2 aromatic rings. The number of carbonyl (C=O) groups excluding carboxylic acids is 1. The molecule has 4 rings (SSSR count). The lowest BCUT2D eigenvalue weighted by Gasteiger charge is -2.35. The molecule has 1 unspecified atom stereocenters. The van der Waals surface area contributed by atoms with Gasteiger partial charge in [0.2, 0.25) is 5.91 Å². The number of rotatable bonds is 4. The zero-order valence-electron chi connectivity index (χ0n) is 14.7. The van der Waals surface area contributed by atoms with Crippen LogP contribution in [0, 0.1) is 5.92 Å². The van der Waals surface area contributed by atoms with E-state index in [0.717, 1.165) is 42.2 Å². The van der Waals surface area contributed by atoms with Crippen molar-refractivity contribution < 1.29 is 14.6 Å². The molecule has 1 atom stereocenters. The Hall–Kier alpha value is -1.89. The van der Waals surface area contributed by atoms with Gasteiger partial charge in [0.05, 0.1) is 24.9 Å². The Morgan fingerprint density at radius 1 is 1.19 bits per heavy atom. The van der Waals surface area contributed by atoms with Crippen molar-refractivity contribution in [2.75, 3.05) is 37.7 Å². The minimum Gasteiger partial charge on any atom is -0.490 e. The number of nitrogens with zero attached hydrogens (tertiary/aromatic N) is 2. The molecule has 0 bridgehead atoms. The highest BCUT2D eigenvalue weighted by Gasteiger charge is 2.29. The Kier molecular flexibility index (Phi) is 5.24. The quantitative estimate of drug-likeness (QED) is 0.897. The first kappa shape index (κ1) is 17.5. The third-order valence-corrected chi connectivity index (χ3v) is 6.24. The second-order valence-corrected chi connectivity index (χ2v) is 7.91. The van der Waals surface area contributed by atoms with Crippen LogP contribution in [0.2, 0.25) is 0 Å². The highest BCUT2D eigenvalue weighted by Crippen LogP contribution is 2.34. The summed E-state index contributed by atoms with van der Waals surface area (Å²) in [7, 11) is 0. The molecule has 3 heterocycles. The second kappa shape index (κ2) is 7.78. The van der Waals surface area contributed by atoms with E-state index in [2.05, 4.69) is 4.90 Å². The van der Waals surface area contributed by atoms with Crippen LogP contribution in [-0.4, -0.2) is 48.7 Å². The van der Waals surface area contributed by atoms with Gasteiger partial charge in [-0.2, -0.15) is 0 Å². The molecule has 1 aromatic carbocycles. The molecule has 2 aliphatic heterocycles. The van der Waals surface area contributed by atoms with Crippen LogP contribution in [-0.2, 0) is 4.79 Å². The summed E-state index contributed by atoms with van der Waals surface area (Å²) in [6.07, 6.45) is 1.47. The first-order valence-electron chi connectivity index (χ1n) is 9.18. The van der Waals surface area contributed by atoms with Crippen LogP contribution >= 0.6 is 11.3 Å². The van der Waals surface area contributed by atoms with Crippen LogP contribution in [0.1, 0.15) is 23.8 Å². The van der Waals surface area contributed by atoms with E-state index in [9.17, 15) is 9.90 Å². The van der Waals surface area contributed by atoms with Gasteiger partial charge >= 0.3 is 0 Å². The van der Waals surface area contributed by atoms with E-state index < -0.39 is 0 Å². The number of fused-ring (bicyclic) bond motifs is 1. The molecule has 0 aliphatic carbocycles. The maximum atomic E-state index is 12.8. The van der Waals surface area contributed by atoms with Crippen molar-refractivity contribution in [1.82, 2.24) is 4.90 Å². The molecule has 1 N–H and O–H groups in total. The number of thiophene rings is 1. The number of ether oxygens (including phenoxy) is 1. The number of carbonyl (C=O) groups is 1. The molecule has 0 spiro atoms. The van der Waals surface area contributed by atoms with Crippen molar-refractivity contribution in [3.8, 4) is 5.75 Å². The predicted octanol–water partition coefficient (Wildman–Crippen LogP) is 2.92. The number of para-hydroxylation sites is 2. The van der Waals surface area contributed by atoms with Gasteiger partial charge in [-0.05, 0) is 55.4 Å². The molecule has 0 radical (unpaired) electrons. The molecule has 1 amide bonds. The number of likely N-dealkylation sites (tertiary alicyclic amines) is 1. The highest BCUT2D eigenvalue weighted by molar-refractivity contribution is 7.10. The zero-order chi connectivity index (χ0) is 17.9. The third kappa shape index (κ3) is 3.63. The van der Waals surface area contributed by atoms with Crippen LogP contribution in [0.4, 0.5) is 5.69 Å². The Balaban J connectivity index is 1.33. The van der Waals surface area contributed by atoms with E-state index in [-0.39, 0.29) is 17.9 Å². The SMILES string of the molecule is O=C(CN1CCC(C(O)c2cccs2)CC1)N1CCOc2ccccc21. The summed E-state index contributed by atoms with van der Waals surface area (Å²) < 4.78 is 5.64. The molecule has 26 heavy (non-hydrogen) atoms. The molecular formula is C20H24N2O3S. The maximum absolute atomic E-state index is 12.8. The topological polar surface area (TPSA) is 53.0 Å². The lowest BCUT2D eigenvalue weighted by molar-refractivity contribution is -0.120. The van der Waals surface area contributed by atoms with E-state index in [1.54, 1.807) is 11.3 Å². The molecule has 1 saturated heterocycles. The van der Waals surface area contributed by atoms with Gasteiger partial charge in [0, 0.05) is 4.88 Å². The number of amides is 1. The number of aliphatic hydroxyl groups excluding tert-OH is 1. The van der Waals surface area contributed by atoms with Crippen LogP contribution < -0.4 is 9.64 Å². The number of benzene rings is 1. The summed E-state index contributed by atoms with van der Waals surface area (Å²) in [5.41, 5.74) is 0.867. The number of anilines is 1. The molecule has 1 fully saturated rings. The third-order valence-electron chi connectivity index (χ3n) is 5.30. The minimum absolute atomic E-state index is 0.123. The van der Waals surface area contributed by atoms with Crippen LogP contribution in [0.25, 0.3) is 0 Å². The van der Waals surface area contributed by atoms with Gasteiger partial charge in [-0.25, -0.2) is 0 Å². The standard InChI is InChI=1S/C20H24N2O3S/c23-19(22-11-12-25-17-5-2-1-4-16(17)22)14-21-9-7-15(8-10-21)20(24)18-6-3-13-26-18/h1-6,13,15,20,24H,7-12,14H2. The average Bonchev–Trinajstić information content (AvgIpc) is 3.22. The van der Waals surface area contributed by atoms with Gasteiger partial charge in [0.15, 0.2) is 0 Å². The first-order valence-corrected chi connectivity index (χ1v) is 10.1. The van der Waals surface area contributed by atoms with Crippen molar-refractivity contribution >= 4 is 22.9 Å². The number of hydrogen-bond donors (Lipinski definition) is 1. The van der Waals surface area contributed by atoms with E-state index in [4.69, 9.17) is 4.74 Å². The lowest BCUT2D eigenvalue weighted by Crippen LogP contribution is -2.46. The van der Waals surface area contributed by atoms with Gasteiger partial charge in [-0.15, -0.1) is 11.3 Å². The van der Waals surface area contributed by atoms with Crippen molar-refractivity contribution in [2.45, 2.75) is 18.9 Å². The van der Waals surface area contributed by atoms with E-state index in [1.807, 2.05) is 46.7 Å². The van der Waals surface area contributed by atoms with Crippen molar-refractivity contribution in [3.05, 3.63) is 46.7 Å². The normalized spacial score (nSPS) is 19.7. The number of piperidine rings is 1. The van der Waals surface area contributed by atoms with E-state index >= 15 is 0 Å². The first-order chi connectivity index (χ1) is 12.7. The highest BCUT2D eigenvalue weighted by atomic mass is 32.1. The Morgan fingerprint density at radius 3 is 2.77 bits per heavy atom. The molecule has 6 heteroatoms. The van der Waals surface area contributed by atoms with Gasteiger partial charge in [0.25, 0.3) is 0 Å². The minimum atomic E-state index is -0.376. The Morgan fingerprint density at radius 2 is 2.00 bits per heavy atom. The molecule has 1 aromatic heterocycles. The van der Waals surface area contributed by atoms with Gasteiger partial charge < -0.3 is 14.7 Å². The van der Waals surface area contributed by atoms with Crippen molar-refractivity contribution in [3.63, 3.8) is 0 Å². The smallest absolute Gasteiger partial charge is 0.241 e. The van der Waals surface area contributed by atoms with E-state index in [0.29, 0.717) is 19.7 Å². The summed E-state index contributed by atoms with van der Waals surface area (Å²) in [4.78, 5) is 17.9. The summed E-state index contributed by atoms with van der Waals surface area (Å²) in [5.74, 6) is 1.19. The summed E-state index contributed by atoms with van der Waals surface area (Å²) in [5, 5.41) is 12.5. The van der Waals surface area contributed by atoms with Crippen molar-refractivity contribution in [2.24, 2.45) is 5.92 Å². The largest absolute Gasteiger partial charge is 0.490 e. The van der Waals surface area contributed by atoms with Gasteiger partial charge in [0.1, 0.15) is 12.4 Å². The van der Waals surface area contributed by atoms with Gasteiger partial charge in [-0.3, -0.25) is 9.69 Å². The van der Waals surface area contributed by atoms with Crippen LogP contribution in [0.15, 0.2) is 41.8 Å². The number of aliphatic hydroxyl groups is 1. The monoisotopic (exact) mass is 372 g/mol.